The van der Waals surface area contributed by atoms with E-state index in [-0.39, 0.29) is 12.0 Å². The summed E-state index contributed by atoms with van der Waals surface area (Å²) >= 11 is 6.22. The number of halogens is 1. The first-order valence-corrected chi connectivity index (χ1v) is 7.91. The highest BCUT2D eigenvalue weighted by molar-refractivity contribution is 6.33. The molecule has 0 amide bonds. The summed E-state index contributed by atoms with van der Waals surface area (Å²) in [6.45, 7) is 1.49. The number of hydrogen-bond donors (Lipinski definition) is 0. The molecule has 0 spiro atoms. The van der Waals surface area contributed by atoms with Crippen molar-refractivity contribution in [2.75, 3.05) is 13.7 Å². The van der Waals surface area contributed by atoms with Gasteiger partial charge in [-0.3, -0.25) is 4.79 Å². The molecule has 3 aromatic rings. The van der Waals surface area contributed by atoms with E-state index < -0.39 is 5.97 Å². The van der Waals surface area contributed by atoms with E-state index in [1.807, 2.05) is 6.07 Å². The molecule has 0 saturated heterocycles. The molecule has 0 aliphatic heterocycles. The summed E-state index contributed by atoms with van der Waals surface area (Å²) in [4.78, 5) is 24.0. The van der Waals surface area contributed by atoms with E-state index in [2.05, 4.69) is 4.74 Å². The minimum Gasteiger partial charge on any atom is -0.482 e. The highest BCUT2D eigenvalue weighted by Crippen LogP contribution is 2.30. The number of carbonyl (C=O) groups excluding carboxylic acids is 1. The molecule has 0 radical (unpaired) electrons. The first-order chi connectivity index (χ1) is 12.0. The van der Waals surface area contributed by atoms with Crippen LogP contribution in [0.1, 0.15) is 5.76 Å². The van der Waals surface area contributed by atoms with Gasteiger partial charge >= 0.3 is 5.97 Å². The molecule has 0 atom stereocenters. The smallest absolute Gasteiger partial charge is 0.343 e. The molecular formula is C19H15ClO5. The fourth-order valence-electron chi connectivity index (χ4n) is 2.55. The lowest BCUT2D eigenvalue weighted by Gasteiger charge is -2.10. The van der Waals surface area contributed by atoms with Crippen LogP contribution >= 0.6 is 11.6 Å². The molecule has 0 aliphatic carbocycles. The molecule has 0 bridgehead atoms. The molecule has 128 valence electrons. The van der Waals surface area contributed by atoms with E-state index in [1.165, 1.54) is 7.11 Å². The van der Waals surface area contributed by atoms with Crippen LogP contribution in [0.3, 0.4) is 0 Å². The Hall–Kier alpha value is -2.79. The van der Waals surface area contributed by atoms with Crippen LogP contribution in [-0.2, 0) is 9.53 Å². The van der Waals surface area contributed by atoms with Crippen molar-refractivity contribution in [2.45, 2.75) is 6.92 Å². The van der Waals surface area contributed by atoms with E-state index in [9.17, 15) is 9.59 Å². The maximum atomic E-state index is 12.9. The van der Waals surface area contributed by atoms with Crippen LogP contribution in [0.4, 0.5) is 0 Å². The largest absolute Gasteiger partial charge is 0.482 e. The number of carbonyl (C=O) groups is 1. The van der Waals surface area contributed by atoms with Crippen LogP contribution in [0.5, 0.6) is 5.75 Å². The Kier molecular flexibility index (Phi) is 4.76. The van der Waals surface area contributed by atoms with Gasteiger partial charge in [0.25, 0.3) is 0 Å². The zero-order chi connectivity index (χ0) is 18.0. The van der Waals surface area contributed by atoms with Crippen molar-refractivity contribution in [1.29, 1.82) is 0 Å². The fraction of sp³-hybridized carbons (Fsp3) is 0.158. The standard InChI is InChI=1S/C19H15ClO5/c1-11-18(13-5-3-4-6-15(13)20)19(22)14-8-7-12(9-16(14)25-11)24-10-17(21)23-2/h3-9H,10H2,1-2H3. The molecule has 0 aliphatic rings. The summed E-state index contributed by atoms with van der Waals surface area (Å²) in [6.07, 6.45) is 0. The van der Waals surface area contributed by atoms with Gasteiger partial charge in [-0.15, -0.1) is 0 Å². The minimum atomic E-state index is -0.494. The van der Waals surface area contributed by atoms with Gasteiger partial charge < -0.3 is 13.9 Å². The molecule has 0 fully saturated rings. The second-order valence-corrected chi connectivity index (χ2v) is 5.77. The van der Waals surface area contributed by atoms with Gasteiger partial charge in [-0.2, -0.15) is 0 Å². The zero-order valence-corrected chi connectivity index (χ0v) is 14.4. The number of rotatable bonds is 4. The normalized spacial score (nSPS) is 10.7. The molecule has 1 aromatic heterocycles. The van der Waals surface area contributed by atoms with Crippen LogP contribution in [0, 0.1) is 6.92 Å². The average molecular weight is 359 g/mol. The van der Waals surface area contributed by atoms with Crippen LogP contribution in [0.25, 0.3) is 22.1 Å². The van der Waals surface area contributed by atoms with Crippen molar-refractivity contribution >= 4 is 28.5 Å². The third-order valence-electron chi connectivity index (χ3n) is 3.77. The molecule has 1 heterocycles. The van der Waals surface area contributed by atoms with E-state index in [0.717, 1.165) is 0 Å². The minimum absolute atomic E-state index is 0.175. The predicted octanol–water partition coefficient (Wildman–Crippen LogP) is 3.97. The Labute approximate surface area is 148 Å². The zero-order valence-electron chi connectivity index (χ0n) is 13.7. The van der Waals surface area contributed by atoms with Crippen molar-refractivity contribution in [3.63, 3.8) is 0 Å². The maximum Gasteiger partial charge on any atom is 0.343 e. The SMILES string of the molecule is COC(=O)COc1ccc2c(=O)c(-c3ccccc3Cl)c(C)oc2c1. The summed E-state index contributed by atoms with van der Waals surface area (Å²) in [5.41, 5.74) is 1.26. The van der Waals surface area contributed by atoms with Crippen LogP contribution < -0.4 is 10.2 Å². The number of fused-ring (bicyclic) bond motifs is 1. The number of esters is 1. The monoisotopic (exact) mass is 358 g/mol. The fourth-order valence-corrected chi connectivity index (χ4v) is 2.78. The van der Waals surface area contributed by atoms with Gasteiger partial charge in [0.15, 0.2) is 6.61 Å². The highest BCUT2D eigenvalue weighted by atomic mass is 35.5. The number of methoxy groups -OCH3 is 1. The van der Waals surface area contributed by atoms with Crippen molar-refractivity contribution < 1.29 is 18.7 Å². The van der Waals surface area contributed by atoms with Crippen LogP contribution in [0.15, 0.2) is 51.7 Å². The number of benzene rings is 2. The summed E-state index contributed by atoms with van der Waals surface area (Å²) < 4.78 is 15.6. The Morgan fingerprint density at radius 1 is 1.20 bits per heavy atom. The molecule has 0 saturated carbocycles. The number of hydrogen-bond acceptors (Lipinski definition) is 5. The predicted molar refractivity (Wildman–Crippen MR) is 95.2 cm³/mol. The lowest BCUT2D eigenvalue weighted by molar-refractivity contribution is -0.142. The van der Waals surface area contributed by atoms with Crippen molar-refractivity contribution in [2.24, 2.45) is 0 Å². The van der Waals surface area contributed by atoms with E-state index >= 15 is 0 Å². The molecule has 0 unspecified atom stereocenters. The lowest BCUT2D eigenvalue weighted by Crippen LogP contribution is -2.12. The molecule has 0 N–H and O–H groups in total. The Morgan fingerprint density at radius 3 is 2.68 bits per heavy atom. The molecule has 25 heavy (non-hydrogen) atoms. The van der Waals surface area contributed by atoms with Crippen LogP contribution in [0.2, 0.25) is 5.02 Å². The quantitative estimate of drug-likeness (QED) is 0.660. The van der Waals surface area contributed by atoms with E-state index in [4.69, 9.17) is 20.8 Å². The third-order valence-corrected chi connectivity index (χ3v) is 4.10. The van der Waals surface area contributed by atoms with Gasteiger partial charge in [0, 0.05) is 16.7 Å². The van der Waals surface area contributed by atoms with E-state index in [0.29, 0.717) is 38.6 Å². The maximum absolute atomic E-state index is 12.9. The molecule has 6 heteroatoms. The average Bonchev–Trinajstić information content (AvgIpc) is 2.61. The van der Waals surface area contributed by atoms with Crippen molar-refractivity contribution in [1.82, 2.24) is 0 Å². The van der Waals surface area contributed by atoms with Crippen molar-refractivity contribution in [3.05, 3.63) is 63.5 Å². The highest BCUT2D eigenvalue weighted by Gasteiger charge is 2.16. The topological polar surface area (TPSA) is 65.7 Å². The molecule has 2 aromatic carbocycles. The van der Waals surface area contributed by atoms with Gasteiger partial charge in [0.2, 0.25) is 5.43 Å². The second-order valence-electron chi connectivity index (χ2n) is 5.36. The summed E-state index contributed by atoms with van der Waals surface area (Å²) in [7, 11) is 1.28. The van der Waals surface area contributed by atoms with Gasteiger partial charge in [0.05, 0.1) is 18.1 Å². The number of aryl methyl sites for hydroxylation is 1. The molecular weight excluding hydrogens is 344 g/mol. The van der Waals surface area contributed by atoms with Crippen molar-refractivity contribution in [3.8, 4) is 16.9 Å². The summed E-state index contributed by atoms with van der Waals surface area (Å²) in [5.74, 6) is 0.369. The first-order valence-electron chi connectivity index (χ1n) is 7.53. The molecule has 5 nitrogen and oxygen atoms in total. The first kappa shape index (κ1) is 17.0. The third kappa shape index (κ3) is 3.37. The summed E-state index contributed by atoms with van der Waals surface area (Å²) in [5, 5.41) is 0.890. The lowest BCUT2D eigenvalue weighted by atomic mass is 10.0. The Bertz CT molecular complexity index is 1010. The van der Waals surface area contributed by atoms with Gasteiger partial charge in [0.1, 0.15) is 17.1 Å². The molecule has 3 rings (SSSR count). The van der Waals surface area contributed by atoms with Gasteiger partial charge in [-0.05, 0) is 25.1 Å². The number of ether oxygens (including phenoxy) is 2. The second kappa shape index (κ2) is 6.99. The van der Waals surface area contributed by atoms with Gasteiger partial charge in [-0.1, -0.05) is 29.8 Å². The van der Waals surface area contributed by atoms with Crippen LogP contribution in [-0.4, -0.2) is 19.7 Å². The van der Waals surface area contributed by atoms with Gasteiger partial charge in [-0.25, -0.2) is 4.79 Å². The summed E-state index contributed by atoms with van der Waals surface area (Å²) in [6, 6.07) is 11.9. The Balaban J connectivity index is 2.08. The van der Waals surface area contributed by atoms with E-state index in [1.54, 1.807) is 43.3 Å². The Morgan fingerprint density at radius 2 is 1.96 bits per heavy atom.